The van der Waals surface area contributed by atoms with Crippen molar-refractivity contribution in [3.05, 3.63) is 34.4 Å². The summed E-state index contributed by atoms with van der Waals surface area (Å²) in [5.41, 5.74) is 0.190. The number of carboxylic acids is 1. The summed E-state index contributed by atoms with van der Waals surface area (Å²) in [4.78, 5) is 33.6. The van der Waals surface area contributed by atoms with Crippen LogP contribution in [0.5, 0.6) is 0 Å². The number of nitrogens with zero attached hydrogens (tertiary/aromatic N) is 1. The second kappa shape index (κ2) is 6.34. The van der Waals surface area contributed by atoms with Crippen LogP contribution >= 0.6 is 0 Å². The van der Waals surface area contributed by atoms with E-state index in [1.54, 1.807) is 6.07 Å². The topological polar surface area (TPSA) is 110 Å². The van der Waals surface area contributed by atoms with Gasteiger partial charge in [0.25, 0.3) is 5.69 Å². The molecular weight excluding hydrogens is 276 g/mol. The Balaban J connectivity index is 2.11. The normalized spacial score (nSPS) is 21.5. The minimum atomic E-state index is -0.964. The second-order valence-electron chi connectivity index (χ2n) is 5.13. The monoisotopic (exact) mass is 292 g/mol. The molecule has 0 heterocycles. The first kappa shape index (κ1) is 15.0. The Morgan fingerprint density at radius 1 is 1.24 bits per heavy atom. The maximum atomic E-state index is 12.2. The third-order valence-corrected chi connectivity index (χ3v) is 3.74. The fourth-order valence-corrected chi connectivity index (χ4v) is 2.67. The number of carbonyl (C=O) groups excluding carboxylic acids is 1. The zero-order valence-corrected chi connectivity index (χ0v) is 11.3. The molecule has 0 unspecified atom stereocenters. The number of aliphatic carboxylic acids is 1. The van der Waals surface area contributed by atoms with E-state index in [0.29, 0.717) is 18.5 Å². The number of nitrogens with one attached hydrogen (secondary N) is 1. The van der Waals surface area contributed by atoms with E-state index in [1.165, 1.54) is 18.2 Å². The number of hydrogen-bond acceptors (Lipinski definition) is 4. The van der Waals surface area contributed by atoms with Gasteiger partial charge in [0.15, 0.2) is 0 Å². The summed E-state index contributed by atoms with van der Waals surface area (Å²) in [5, 5.41) is 22.5. The van der Waals surface area contributed by atoms with E-state index in [-0.39, 0.29) is 11.6 Å². The molecule has 1 amide bonds. The molecule has 1 saturated carbocycles. The number of nitro groups is 1. The molecule has 0 aromatic heterocycles. The average molecular weight is 292 g/mol. The first-order valence-electron chi connectivity index (χ1n) is 6.77. The van der Waals surface area contributed by atoms with Crippen LogP contribution < -0.4 is 5.32 Å². The van der Waals surface area contributed by atoms with E-state index < -0.39 is 22.7 Å². The van der Waals surface area contributed by atoms with Gasteiger partial charge in [0, 0.05) is 17.8 Å². The van der Waals surface area contributed by atoms with Crippen molar-refractivity contribution in [3.8, 4) is 0 Å². The molecule has 7 nitrogen and oxygen atoms in total. The van der Waals surface area contributed by atoms with E-state index in [1.807, 2.05) is 0 Å². The number of rotatable bonds is 4. The van der Waals surface area contributed by atoms with Crippen molar-refractivity contribution in [2.75, 3.05) is 5.32 Å². The highest BCUT2D eigenvalue weighted by Gasteiger charge is 2.35. The zero-order valence-electron chi connectivity index (χ0n) is 11.3. The van der Waals surface area contributed by atoms with Crippen LogP contribution in [0.15, 0.2) is 24.3 Å². The van der Waals surface area contributed by atoms with E-state index in [9.17, 15) is 24.8 Å². The number of carboxylic acid groups (broad SMARTS) is 1. The van der Waals surface area contributed by atoms with Gasteiger partial charge in [-0.2, -0.15) is 0 Å². The quantitative estimate of drug-likeness (QED) is 0.654. The Morgan fingerprint density at radius 2 is 1.90 bits per heavy atom. The number of benzene rings is 1. The summed E-state index contributed by atoms with van der Waals surface area (Å²) in [6, 6.07) is 5.61. The predicted octanol–water partition coefficient (Wildman–Crippen LogP) is 2.42. The molecule has 2 atom stereocenters. The second-order valence-corrected chi connectivity index (χ2v) is 5.13. The standard InChI is InChI=1S/C14H16N2O5/c17-13(11-6-1-2-7-12(11)14(18)19)15-9-4-3-5-10(8-9)16(20)21/h3-5,8,11-12H,1-2,6-7H2,(H,15,17)(H,18,19)/t11-,12-/m0/s1. The average Bonchev–Trinajstić information content (AvgIpc) is 2.47. The van der Waals surface area contributed by atoms with Gasteiger partial charge in [-0.05, 0) is 18.9 Å². The Labute approximate surface area is 121 Å². The molecule has 1 aliphatic carbocycles. The first-order valence-corrected chi connectivity index (χ1v) is 6.77. The van der Waals surface area contributed by atoms with Gasteiger partial charge in [0.2, 0.25) is 5.91 Å². The van der Waals surface area contributed by atoms with Crippen LogP contribution in [0.25, 0.3) is 0 Å². The minimum Gasteiger partial charge on any atom is -0.481 e. The lowest BCUT2D eigenvalue weighted by atomic mass is 9.78. The van der Waals surface area contributed by atoms with Crippen LogP contribution in [-0.4, -0.2) is 21.9 Å². The smallest absolute Gasteiger partial charge is 0.307 e. The fraction of sp³-hybridized carbons (Fsp3) is 0.429. The lowest BCUT2D eigenvalue weighted by Gasteiger charge is -2.27. The van der Waals surface area contributed by atoms with Crippen molar-refractivity contribution < 1.29 is 19.6 Å². The van der Waals surface area contributed by atoms with Crippen molar-refractivity contribution in [2.45, 2.75) is 25.7 Å². The van der Waals surface area contributed by atoms with Crippen molar-refractivity contribution in [3.63, 3.8) is 0 Å². The van der Waals surface area contributed by atoms with Crippen LogP contribution in [-0.2, 0) is 9.59 Å². The van der Waals surface area contributed by atoms with Gasteiger partial charge in [-0.15, -0.1) is 0 Å². The SMILES string of the molecule is O=C(O)[C@H]1CCCC[C@@H]1C(=O)Nc1cccc([N+](=O)[O-])c1. The third kappa shape index (κ3) is 3.56. The van der Waals surface area contributed by atoms with Crippen molar-refractivity contribution in [1.29, 1.82) is 0 Å². The van der Waals surface area contributed by atoms with Crippen LogP contribution in [0.4, 0.5) is 11.4 Å². The molecule has 0 bridgehead atoms. The Kier molecular flexibility index (Phi) is 4.52. The fourth-order valence-electron chi connectivity index (χ4n) is 2.67. The van der Waals surface area contributed by atoms with Gasteiger partial charge in [0.05, 0.1) is 16.8 Å². The largest absolute Gasteiger partial charge is 0.481 e. The summed E-state index contributed by atoms with van der Waals surface area (Å²) in [6.07, 6.45) is 2.63. The molecule has 2 N–H and O–H groups in total. The molecule has 1 fully saturated rings. The summed E-state index contributed by atoms with van der Waals surface area (Å²) >= 11 is 0. The van der Waals surface area contributed by atoms with Gasteiger partial charge in [0.1, 0.15) is 0 Å². The van der Waals surface area contributed by atoms with Crippen molar-refractivity contribution in [2.24, 2.45) is 11.8 Å². The lowest BCUT2D eigenvalue weighted by molar-refractivity contribution is -0.384. The molecule has 1 aliphatic rings. The summed E-state index contributed by atoms with van der Waals surface area (Å²) < 4.78 is 0. The van der Waals surface area contributed by atoms with Crippen LogP contribution in [0.1, 0.15) is 25.7 Å². The summed E-state index contributed by atoms with van der Waals surface area (Å²) in [6.45, 7) is 0. The molecule has 0 spiro atoms. The number of hydrogen-bond donors (Lipinski definition) is 2. The molecule has 7 heteroatoms. The minimum absolute atomic E-state index is 0.119. The molecule has 1 aromatic rings. The zero-order chi connectivity index (χ0) is 15.4. The van der Waals surface area contributed by atoms with E-state index in [4.69, 9.17) is 0 Å². The Bertz CT molecular complexity index is 572. The van der Waals surface area contributed by atoms with Crippen molar-refractivity contribution in [1.82, 2.24) is 0 Å². The number of anilines is 1. The van der Waals surface area contributed by atoms with Crippen LogP contribution in [0.2, 0.25) is 0 Å². The molecule has 0 radical (unpaired) electrons. The van der Waals surface area contributed by atoms with E-state index >= 15 is 0 Å². The molecule has 0 saturated heterocycles. The predicted molar refractivity (Wildman–Crippen MR) is 74.8 cm³/mol. The maximum absolute atomic E-state index is 12.2. The van der Waals surface area contributed by atoms with E-state index in [2.05, 4.69) is 5.32 Å². The van der Waals surface area contributed by atoms with Gasteiger partial charge in [-0.25, -0.2) is 0 Å². The molecule has 1 aromatic carbocycles. The number of nitro benzene ring substituents is 1. The van der Waals surface area contributed by atoms with Gasteiger partial charge in [-0.1, -0.05) is 18.9 Å². The van der Waals surface area contributed by atoms with Gasteiger partial charge >= 0.3 is 5.97 Å². The van der Waals surface area contributed by atoms with Gasteiger partial charge < -0.3 is 10.4 Å². The van der Waals surface area contributed by atoms with Crippen molar-refractivity contribution >= 4 is 23.3 Å². The molecular formula is C14H16N2O5. The maximum Gasteiger partial charge on any atom is 0.307 e. The number of amides is 1. The highest BCUT2D eigenvalue weighted by atomic mass is 16.6. The summed E-state index contributed by atoms with van der Waals surface area (Å²) in [7, 11) is 0. The third-order valence-electron chi connectivity index (χ3n) is 3.74. The number of non-ortho nitro benzene ring substituents is 1. The van der Waals surface area contributed by atoms with Crippen LogP contribution in [0.3, 0.4) is 0 Å². The van der Waals surface area contributed by atoms with E-state index in [0.717, 1.165) is 12.8 Å². The lowest BCUT2D eigenvalue weighted by Crippen LogP contribution is -2.36. The Hall–Kier alpha value is -2.44. The van der Waals surface area contributed by atoms with Crippen LogP contribution in [0, 0.1) is 22.0 Å². The molecule has 21 heavy (non-hydrogen) atoms. The Morgan fingerprint density at radius 3 is 2.52 bits per heavy atom. The molecule has 0 aliphatic heterocycles. The highest BCUT2D eigenvalue weighted by Crippen LogP contribution is 2.31. The molecule has 112 valence electrons. The highest BCUT2D eigenvalue weighted by molar-refractivity contribution is 5.95. The molecule has 2 rings (SSSR count). The summed E-state index contributed by atoms with van der Waals surface area (Å²) in [5.74, 6) is -2.62. The first-order chi connectivity index (χ1) is 9.99. The number of carbonyl (C=O) groups is 2. The van der Waals surface area contributed by atoms with Gasteiger partial charge in [-0.3, -0.25) is 19.7 Å².